The van der Waals surface area contributed by atoms with Gasteiger partial charge in [0, 0.05) is 122 Å². The van der Waals surface area contributed by atoms with Crippen molar-refractivity contribution in [2.75, 3.05) is 21.3 Å². The topological polar surface area (TPSA) is 343 Å². The first-order valence-corrected chi connectivity index (χ1v) is 37.1. The van der Waals surface area contributed by atoms with Crippen molar-refractivity contribution in [3.8, 4) is 0 Å². The Balaban J connectivity index is 0.000000108. The first-order valence-electron chi connectivity index (χ1n) is 33.9. The summed E-state index contributed by atoms with van der Waals surface area (Å²) in [5, 5.41) is 85.2. The van der Waals surface area contributed by atoms with E-state index < -0.39 is 23.5 Å². The number of anilines is 8. The molecule has 0 aliphatic heterocycles. The molecule has 32 nitrogen and oxygen atoms in total. The van der Waals surface area contributed by atoms with Crippen molar-refractivity contribution in [3.05, 3.63) is 241 Å². The second-order valence-corrected chi connectivity index (χ2v) is 29.2. The van der Waals surface area contributed by atoms with Crippen molar-refractivity contribution < 1.29 is 17.6 Å². The lowest BCUT2D eigenvalue weighted by Crippen LogP contribution is -2.19. The molecule has 0 aliphatic rings. The fraction of sp³-hybridized carbons (Fsp3) is 0.155. The van der Waals surface area contributed by atoms with Crippen LogP contribution < -0.4 is 21.3 Å². The number of aromatic nitrogens is 28. The van der Waals surface area contributed by atoms with Crippen LogP contribution in [0.5, 0.6) is 0 Å². The summed E-state index contributed by atoms with van der Waals surface area (Å²) in [4.78, 5) is 19.1. The Labute approximate surface area is 638 Å². The maximum Gasteiger partial charge on any atom is 0.333 e. The molecule has 0 radical (unpaired) electrons. The first kappa shape index (κ1) is 70.4. The molecule has 40 heteroatoms. The molecule has 20 aromatic rings. The summed E-state index contributed by atoms with van der Waals surface area (Å²) >= 11 is 5.17. The van der Waals surface area contributed by atoms with Crippen LogP contribution in [0.2, 0.25) is 0 Å². The van der Waals surface area contributed by atoms with Gasteiger partial charge in [-0.15, -0.1) is 61.2 Å². The van der Waals surface area contributed by atoms with Crippen LogP contribution >= 0.6 is 45.3 Å². The summed E-state index contributed by atoms with van der Waals surface area (Å²) in [5.41, 5.74) is 9.15. The maximum absolute atomic E-state index is 15.3. The third kappa shape index (κ3) is 14.3. The Hall–Kier alpha value is -13.6. The van der Waals surface area contributed by atoms with Crippen LogP contribution in [0.15, 0.2) is 189 Å². The van der Waals surface area contributed by atoms with Crippen molar-refractivity contribution >= 4 is 152 Å². The van der Waals surface area contributed by atoms with Crippen molar-refractivity contribution in [1.29, 1.82) is 0 Å². The molecule has 0 aliphatic carbocycles. The highest BCUT2D eigenvalue weighted by atomic mass is 32.1. The van der Waals surface area contributed by atoms with Crippen LogP contribution in [0.4, 0.5) is 60.8 Å². The minimum Gasteiger partial charge on any atom is -0.327 e. The summed E-state index contributed by atoms with van der Waals surface area (Å²) in [6, 6.07) is 36.1. The van der Waals surface area contributed by atoms with E-state index in [1.807, 2.05) is 66.7 Å². The highest BCUT2D eigenvalue weighted by molar-refractivity contribution is 7.21. The molecule has 16 aromatic heterocycles. The van der Waals surface area contributed by atoms with Crippen molar-refractivity contribution in [1.82, 2.24) is 138 Å². The van der Waals surface area contributed by atoms with Crippen LogP contribution in [-0.4, -0.2) is 138 Å². The normalized spacial score (nSPS) is 12.4. The van der Waals surface area contributed by atoms with Gasteiger partial charge in [0.1, 0.15) is 0 Å². The van der Waals surface area contributed by atoms with Gasteiger partial charge in [-0.05, 0) is 90.8 Å². The lowest BCUT2D eigenvalue weighted by Gasteiger charge is -2.14. The van der Waals surface area contributed by atoms with Crippen molar-refractivity contribution in [2.24, 2.45) is 28.2 Å². The van der Waals surface area contributed by atoms with Crippen LogP contribution in [-0.2, 0) is 40.0 Å². The van der Waals surface area contributed by atoms with Gasteiger partial charge in [0.15, 0.2) is 11.6 Å². The molecule has 0 saturated carbocycles. The quantitative estimate of drug-likeness (QED) is 0.0653. The fourth-order valence-corrected chi connectivity index (χ4v) is 15.2. The maximum atomic E-state index is 15.3. The van der Waals surface area contributed by atoms with Crippen LogP contribution in [0.25, 0.3) is 63.5 Å². The number of fused-ring (bicyclic) bond motifs is 8. The smallest absolute Gasteiger partial charge is 0.327 e. The predicted octanol–water partition coefficient (Wildman–Crippen LogP) is 13.7. The molecule has 16 heterocycles. The fourth-order valence-electron chi connectivity index (χ4n) is 12.1. The van der Waals surface area contributed by atoms with E-state index >= 15 is 17.6 Å². The third-order valence-electron chi connectivity index (χ3n) is 17.7. The van der Waals surface area contributed by atoms with Crippen molar-refractivity contribution in [2.45, 2.75) is 44.5 Å². The lowest BCUT2D eigenvalue weighted by molar-refractivity contribution is 0.0303. The molecular weight excluding hydrogens is 1510 g/mol. The second kappa shape index (κ2) is 28.8. The van der Waals surface area contributed by atoms with Gasteiger partial charge in [-0.3, -0.25) is 38.7 Å². The zero-order valence-corrected chi connectivity index (χ0v) is 62.5. The van der Waals surface area contributed by atoms with E-state index in [1.54, 1.807) is 125 Å². The van der Waals surface area contributed by atoms with E-state index in [2.05, 4.69) is 173 Å². The van der Waals surface area contributed by atoms with Crippen LogP contribution in [0.3, 0.4) is 0 Å². The molecule has 111 heavy (non-hydrogen) atoms. The monoisotopic (exact) mass is 1560 g/mol. The molecule has 2 atom stereocenters. The van der Waals surface area contributed by atoms with E-state index in [0.717, 1.165) is 119 Å². The molecule has 4 N–H and O–H groups in total. The summed E-state index contributed by atoms with van der Waals surface area (Å²) in [6.07, 6.45) is 19.3. The molecule has 0 unspecified atom stereocenters. The highest BCUT2D eigenvalue weighted by Crippen LogP contribution is 2.40. The summed E-state index contributed by atoms with van der Waals surface area (Å²) < 4.78 is 73.5. The average Bonchev–Trinajstić information content (AvgIpc) is 1.67. The molecule has 0 fully saturated rings. The minimum atomic E-state index is -3.38. The van der Waals surface area contributed by atoms with Gasteiger partial charge >= 0.3 is 11.8 Å². The van der Waals surface area contributed by atoms with Gasteiger partial charge in [0.25, 0.3) is 0 Å². The van der Waals surface area contributed by atoms with Gasteiger partial charge in [-0.1, -0.05) is 108 Å². The Morgan fingerprint density at radius 2 is 0.712 bits per heavy atom. The second-order valence-electron chi connectivity index (χ2n) is 25.4. The largest absolute Gasteiger partial charge is 0.333 e. The highest BCUT2D eigenvalue weighted by Gasteiger charge is 2.42. The SMILES string of the molecule is C[C@@H](c1ccc2ncccc2c1)c1nnc2sc(Nc3cnn(C)c3)nn12.C[C@H](c1ccc2ncccc2c1)c1nnc2sc(Nc3cnn(C)c3)nn12.Cc1nn(C)cc1Nc1nn2c(C(F)(F)c3ccc4ncccc4c3)nnc2s1.Cn1cc(Nc2nn3c(C(F)(F)c4ccc5ncccc5c4)nnc3s2)cn1. The Morgan fingerprint density at radius 1 is 0.369 bits per heavy atom. The molecule has 554 valence electrons. The Bertz CT molecular complexity index is 6570. The predicted molar refractivity (Wildman–Crippen MR) is 413 cm³/mol. The van der Waals surface area contributed by atoms with Crippen LogP contribution in [0.1, 0.15) is 76.9 Å². The summed E-state index contributed by atoms with van der Waals surface area (Å²) in [6.45, 7) is 6.07. The number of alkyl halides is 4. The standard InChI is InChI=1S/C18H14F2N8S.2C18H16N8S.C17H12F2N8S/c1-10-14(9-27(2)25-10)22-16-26-28-15(23-24-17(28)29-16)18(19,20)12-5-6-13-11(8-12)4-3-7-21-13;2*1-11(12-5-6-15-13(8-12)4-3-7-19-15)16-22-23-18-26(16)24-17(27-18)21-14-9-20-25(2)10-14;1-26-9-12(8-21-26)22-15-25-27-14(23-24-16(27)28-15)17(18,19)11-4-5-13-10(7-11)3-2-6-20-13/h3-9H,1-2H3,(H,22,26);2*3-11H,1-2H3,(H,21,24);2-9H,1H3,(H,22,25)/t;2*11-;/m.10./s1. The molecule has 4 aromatic carbocycles. The van der Waals surface area contributed by atoms with E-state index in [0.29, 0.717) is 37.8 Å². The zero-order valence-electron chi connectivity index (χ0n) is 59.2. The van der Waals surface area contributed by atoms with Gasteiger partial charge in [-0.25, -0.2) is 0 Å². The molecule has 20 rings (SSSR count). The van der Waals surface area contributed by atoms with E-state index in [9.17, 15) is 0 Å². The number of pyridine rings is 4. The molecule has 0 bridgehead atoms. The van der Waals surface area contributed by atoms with E-state index in [1.165, 1.54) is 46.9 Å². The average molecular weight is 1560 g/mol. The van der Waals surface area contributed by atoms with E-state index in [4.69, 9.17) is 0 Å². The number of aryl methyl sites for hydroxylation is 5. The molecule has 0 amide bonds. The molecule has 0 spiro atoms. The number of hydrogen-bond donors (Lipinski definition) is 4. The molecule has 0 saturated heterocycles. The Kier molecular flexibility index (Phi) is 18.3. The van der Waals surface area contributed by atoms with Gasteiger partial charge in [0.2, 0.25) is 52.0 Å². The van der Waals surface area contributed by atoms with Gasteiger partial charge in [0.05, 0.1) is 69.1 Å². The number of halogens is 4. The first-order chi connectivity index (χ1) is 53.8. The van der Waals surface area contributed by atoms with Gasteiger partial charge < -0.3 is 21.3 Å². The number of rotatable bonds is 16. The number of hydrogen-bond acceptors (Lipinski definition) is 28. The summed E-state index contributed by atoms with van der Waals surface area (Å²) in [5.74, 6) is -6.10. The lowest BCUT2D eigenvalue weighted by atomic mass is 9.99. The number of nitrogens with zero attached hydrogens (tertiary/aromatic N) is 28. The molecular formula is C71H58F4N32S4. The number of benzene rings is 4. The summed E-state index contributed by atoms with van der Waals surface area (Å²) in [7, 11) is 7.33. The van der Waals surface area contributed by atoms with Crippen LogP contribution in [0, 0.1) is 6.92 Å². The Morgan fingerprint density at radius 3 is 1.07 bits per heavy atom. The third-order valence-corrected chi connectivity index (χ3v) is 20.9. The number of nitrogens with one attached hydrogen (secondary N) is 4. The van der Waals surface area contributed by atoms with E-state index in [-0.39, 0.29) is 32.9 Å². The zero-order chi connectivity index (χ0) is 76.2. The minimum absolute atomic E-state index is 0.0537. The van der Waals surface area contributed by atoms with Crippen molar-refractivity contribution in [3.63, 3.8) is 0 Å². The van der Waals surface area contributed by atoms with Gasteiger partial charge in [-0.2, -0.15) is 56.0 Å².